The molecule has 9 nitrogen and oxygen atoms in total. The lowest BCUT2D eigenvalue weighted by Gasteiger charge is -2.24. The van der Waals surface area contributed by atoms with E-state index in [9.17, 15) is 19.2 Å². The second kappa shape index (κ2) is 8.81. The number of ketones is 1. The van der Waals surface area contributed by atoms with Gasteiger partial charge in [-0.25, -0.2) is 4.79 Å². The Hall–Kier alpha value is -2.62. The van der Waals surface area contributed by atoms with Crippen molar-refractivity contribution >= 4 is 46.4 Å². The fourth-order valence-electron chi connectivity index (χ4n) is 2.66. The number of rotatable bonds is 6. The number of likely N-dealkylation sites (N-methyl/N-ethyl adjacent to an activating group) is 1. The average Bonchev–Trinajstić information content (AvgIpc) is 2.67. The highest BCUT2D eigenvalue weighted by Gasteiger charge is 2.28. The Kier molecular flexibility index (Phi) is 6.89. The molecule has 2 rings (SSSR count). The van der Waals surface area contributed by atoms with Gasteiger partial charge in [0.2, 0.25) is 5.91 Å². The number of nitrogen functional groups attached to an aromatic ring is 1. The van der Waals surface area contributed by atoms with Crippen LogP contribution < -0.4 is 22.3 Å². The maximum absolute atomic E-state index is 12.9. The minimum Gasteiger partial charge on any atom is -0.384 e. The standard InChI is InChI=1S/C18H21Cl2N5O4/c1-9(15(27)13-16(21)24(3)18(29)25(4)17(13)28)23(2)8-12(26)22-14-10(19)6-5-7-11(14)20/h5-7,9H,8,21H2,1-4H3,(H,22,26). The number of carbonyl (C=O) groups excluding carboxylic acids is 2. The van der Waals surface area contributed by atoms with Gasteiger partial charge in [-0.2, -0.15) is 0 Å². The average molecular weight is 442 g/mol. The normalized spacial score (nSPS) is 12.1. The van der Waals surface area contributed by atoms with Crippen molar-refractivity contribution < 1.29 is 9.59 Å². The summed E-state index contributed by atoms with van der Waals surface area (Å²) in [5.74, 6) is -1.29. The second-order valence-electron chi connectivity index (χ2n) is 6.57. The first-order valence-corrected chi connectivity index (χ1v) is 9.26. The zero-order chi connectivity index (χ0) is 22.0. The maximum Gasteiger partial charge on any atom is 0.332 e. The number of para-hydroxylation sites is 1. The molecule has 1 aromatic heterocycles. The molecule has 0 aliphatic carbocycles. The molecule has 1 atom stereocenters. The van der Waals surface area contributed by atoms with Crippen LogP contribution in [0.15, 0.2) is 27.8 Å². The van der Waals surface area contributed by atoms with Crippen LogP contribution in [0.2, 0.25) is 10.0 Å². The number of nitrogens with two attached hydrogens (primary N) is 1. The van der Waals surface area contributed by atoms with E-state index in [1.807, 2.05) is 0 Å². The SMILES string of the molecule is CC(C(=O)c1c(N)n(C)c(=O)n(C)c1=O)N(C)CC(=O)Nc1c(Cl)cccc1Cl. The molecule has 0 aliphatic rings. The molecule has 1 unspecified atom stereocenters. The first-order chi connectivity index (χ1) is 13.5. The molecule has 29 heavy (non-hydrogen) atoms. The van der Waals surface area contributed by atoms with Crippen LogP contribution in [0, 0.1) is 0 Å². The summed E-state index contributed by atoms with van der Waals surface area (Å²) in [6, 6.07) is 3.94. The van der Waals surface area contributed by atoms with Gasteiger partial charge in [0, 0.05) is 14.1 Å². The Bertz CT molecular complexity index is 1070. The third-order valence-corrected chi connectivity index (χ3v) is 5.25. The molecule has 0 fully saturated rings. The van der Waals surface area contributed by atoms with E-state index in [1.165, 1.54) is 25.9 Å². The maximum atomic E-state index is 12.9. The first kappa shape index (κ1) is 22.7. The summed E-state index contributed by atoms with van der Waals surface area (Å²) in [5.41, 5.74) is 4.37. The smallest absolute Gasteiger partial charge is 0.332 e. The summed E-state index contributed by atoms with van der Waals surface area (Å²) < 4.78 is 1.83. The number of hydrogen-bond acceptors (Lipinski definition) is 6. The number of carbonyl (C=O) groups is 2. The highest BCUT2D eigenvalue weighted by molar-refractivity contribution is 6.39. The van der Waals surface area contributed by atoms with Gasteiger partial charge in [0.25, 0.3) is 5.56 Å². The highest BCUT2D eigenvalue weighted by Crippen LogP contribution is 2.29. The van der Waals surface area contributed by atoms with Crippen molar-refractivity contribution in [3.8, 4) is 0 Å². The molecule has 3 N–H and O–H groups in total. The molecule has 0 spiro atoms. The molecule has 1 heterocycles. The van der Waals surface area contributed by atoms with Crippen LogP contribution in [0.3, 0.4) is 0 Å². The van der Waals surface area contributed by atoms with Crippen molar-refractivity contribution in [3.63, 3.8) is 0 Å². The van der Waals surface area contributed by atoms with E-state index in [1.54, 1.807) is 25.2 Å². The molecule has 156 valence electrons. The Morgan fingerprint density at radius 2 is 1.72 bits per heavy atom. The van der Waals surface area contributed by atoms with E-state index < -0.39 is 29.0 Å². The summed E-state index contributed by atoms with van der Waals surface area (Å²) in [6.07, 6.45) is 0. The molecule has 1 amide bonds. The lowest BCUT2D eigenvalue weighted by Crippen LogP contribution is -2.46. The number of aromatic nitrogens is 2. The number of nitrogens with one attached hydrogen (secondary N) is 1. The lowest BCUT2D eigenvalue weighted by molar-refractivity contribution is -0.117. The van der Waals surface area contributed by atoms with Gasteiger partial charge >= 0.3 is 5.69 Å². The quantitative estimate of drug-likeness (QED) is 0.647. The largest absolute Gasteiger partial charge is 0.384 e. The first-order valence-electron chi connectivity index (χ1n) is 8.51. The van der Waals surface area contributed by atoms with Gasteiger partial charge in [-0.15, -0.1) is 0 Å². The third-order valence-electron chi connectivity index (χ3n) is 4.62. The Morgan fingerprint density at radius 3 is 2.28 bits per heavy atom. The molecule has 0 aliphatic heterocycles. The highest BCUT2D eigenvalue weighted by atomic mass is 35.5. The molecule has 0 bridgehead atoms. The number of hydrogen-bond donors (Lipinski definition) is 2. The van der Waals surface area contributed by atoms with E-state index >= 15 is 0 Å². The molecular weight excluding hydrogens is 421 g/mol. The van der Waals surface area contributed by atoms with Gasteiger partial charge in [0.1, 0.15) is 11.4 Å². The van der Waals surface area contributed by atoms with Crippen LogP contribution in [-0.4, -0.2) is 45.4 Å². The summed E-state index contributed by atoms with van der Waals surface area (Å²) >= 11 is 12.1. The van der Waals surface area contributed by atoms with Gasteiger partial charge in [-0.3, -0.25) is 28.4 Å². The Balaban J connectivity index is 2.22. The van der Waals surface area contributed by atoms with E-state index in [0.29, 0.717) is 0 Å². The molecule has 0 saturated heterocycles. The third kappa shape index (κ3) is 4.52. The van der Waals surface area contributed by atoms with Crippen LogP contribution in [0.1, 0.15) is 17.3 Å². The number of halogens is 2. The topological polar surface area (TPSA) is 119 Å². The number of Topliss-reactive ketones (excluding diaryl/α,β-unsaturated/α-hetero) is 1. The fraction of sp³-hybridized carbons (Fsp3) is 0.333. The second-order valence-corrected chi connectivity index (χ2v) is 7.38. The zero-order valence-electron chi connectivity index (χ0n) is 16.3. The summed E-state index contributed by atoms with van der Waals surface area (Å²) in [4.78, 5) is 51.0. The zero-order valence-corrected chi connectivity index (χ0v) is 17.8. The van der Waals surface area contributed by atoms with Crippen LogP contribution in [0.25, 0.3) is 0 Å². The molecule has 0 radical (unpaired) electrons. The van der Waals surface area contributed by atoms with Crippen molar-refractivity contribution in [1.29, 1.82) is 0 Å². The Labute approximate surface area is 176 Å². The Morgan fingerprint density at radius 1 is 1.17 bits per heavy atom. The summed E-state index contributed by atoms with van der Waals surface area (Å²) in [7, 11) is 4.16. The molecular formula is C18H21Cl2N5O4. The molecule has 1 aromatic carbocycles. The van der Waals surface area contributed by atoms with E-state index in [0.717, 1.165) is 9.13 Å². The summed E-state index contributed by atoms with van der Waals surface area (Å²) in [6.45, 7) is 1.35. The van der Waals surface area contributed by atoms with E-state index in [4.69, 9.17) is 28.9 Å². The molecule has 0 saturated carbocycles. The minimum absolute atomic E-state index is 0.180. The van der Waals surface area contributed by atoms with Gasteiger partial charge in [-0.05, 0) is 26.1 Å². The van der Waals surface area contributed by atoms with Crippen LogP contribution >= 0.6 is 23.2 Å². The molecule has 11 heteroatoms. The lowest BCUT2D eigenvalue weighted by atomic mass is 10.1. The van der Waals surface area contributed by atoms with Crippen molar-refractivity contribution in [2.75, 3.05) is 24.6 Å². The van der Waals surface area contributed by atoms with E-state index in [2.05, 4.69) is 5.32 Å². The van der Waals surface area contributed by atoms with Crippen molar-refractivity contribution in [3.05, 3.63) is 54.6 Å². The summed E-state index contributed by atoms with van der Waals surface area (Å²) in [5, 5.41) is 3.15. The van der Waals surface area contributed by atoms with Gasteiger partial charge in [0.15, 0.2) is 5.78 Å². The number of nitrogens with zero attached hydrogens (tertiary/aromatic N) is 3. The van der Waals surface area contributed by atoms with Gasteiger partial charge in [-0.1, -0.05) is 29.3 Å². The fourth-order valence-corrected chi connectivity index (χ4v) is 3.15. The van der Waals surface area contributed by atoms with Crippen LogP contribution in [0.5, 0.6) is 0 Å². The predicted molar refractivity (Wildman–Crippen MR) is 113 cm³/mol. The predicted octanol–water partition coefficient (Wildman–Crippen LogP) is 1.11. The number of amides is 1. The monoisotopic (exact) mass is 441 g/mol. The number of anilines is 2. The van der Waals surface area contributed by atoms with Crippen LogP contribution in [0.4, 0.5) is 11.5 Å². The van der Waals surface area contributed by atoms with Crippen molar-refractivity contribution in [2.24, 2.45) is 14.1 Å². The van der Waals surface area contributed by atoms with Crippen molar-refractivity contribution in [2.45, 2.75) is 13.0 Å². The van der Waals surface area contributed by atoms with Gasteiger partial charge in [0.05, 0.1) is 28.3 Å². The van der Waals surface area contributed by atoms with E-state index in [-0.39, 0.29) is 33.7 Å². The minimum atomic E-state index is -0.866. The van der Waals surface area contributed by atoms with Crippen molar-refractivity contribution in [1.82, 2.24) is 14.0 Å². The number of benzene rings is 1. The van der Waals surface area contributed by atoms with Gasteiger partial charge < -0.3 is 11.1 Å². The molecule has 2 aromatic rings. The van der Waals surface area contributed by atoms with Crippen LogP contribution in [-0.2, 0) is 18.9 Å².